The van der Waals surface area contributed by atoms with Crippen LogP contribution < -0.4 is 11.3 Å². The molecule has 1 aromatic heterocycles. The first-order chi connectivity index (χ1) is 8.14. The van der Waals surface area contributed by atoms with E-state index in [1.165, 1.54) is 0 Å². The Morgan fingerprint density at radius 3 is 2.88 bits per heavy atom. The Hall–Kier alpha value is -1.20. The Kier molecular flexibility index (Phi) is 2.34. The molecule has 0 bridgehead atoms. The van der Waals surface area contributed by atoms with Gasteiger partial charge in [0.05, 0.1) is 10.9 Å². The van der Waals surface area contributed by atoms with Gasteiger partial charge in [-0.2, -0.15) is 0 Å². The van der Waals surface area contributed by atoms with Crippen LogP contribution >= 0.6 is 15.9 Å². The van der Waals surface area contributed by atoms with E-state index in [0.29, 0.717) is 11.9 Å². The molecular weight excluding hydrogens is 282 g/mol. The Morgan fingerprint density at radius 1 is 1.47 bits per heavy atom. The van der Waals surface area contributed by atoms with Gasteiger partial charge >= 0.3 is 0 Å². The number of rotatable bonds is 2. The van der Waals surface area contributed by atoms with Crippen LogP contribution in [-0.2, 0) is 5.41 Å². The second-order valence-corrected chi connectivity index (χ2v) is 5.48. The zero-order valence-corrected chi connectivity index (χ0v) is 10.8. The van der Waals surface area contributed by atoms with Gasteiger partial charge in [0.25, 0.3) is 5.56 Å². The first kappa shape index (κ1) is 10.9. The van der Waals surface area contributed by atoms with Crippen LogP contribution in [0.4, 0.5) is 0 Å². The highest BCUT2D eigenvalue weighted by atomic mass is 79.9. The lowest BCUT2D eigenvalue weighted by Gasteiger charge is -2.11. The van der Waals surface area contributed by atoms with Gasteiger partial charge in [-0.25, -0.2) is 4.98 Å². The van der Waals surface area contributed by atoms with Crippen molar-refractivity contribution < 1.29 is 0 Å². The minimum absolute atomic E-state index is 0.0829. The van der Waals surface area contributed by atoms with Gasteiger partial charge in [-0.1, -0.05) is 15.9 Å². The summed E-state index contributed by atoms with van der Waals surface area (Å²) in [6.07, 6.45) is 2.02. The number of nitrogens with two attached hydrogens (primary N) is 1. The Balaban J connectivity index is 2.25. The van der Waals surface area contributed by atoms with Gasteiger partial charge in [0, 0.05) is 16.4 Å². The number of nitrogens with zero attached hydrogens (tertiary/aromatic N) is 1. The smallest absolute Gasteiger partial charge is 0.258 e. The van der Waals surface area contributed by atoms with Crippen molar-refractivity contribution in [3.05, 3.63) is 38.9 Å². The van der Waals surface area contributed by atoms with E-state index in [9.17, 15) is 4.79 Å². The molecule has 5 heteroatoms. The van der Waals surface area contributed by atoms with E-state index in [-0.39, 0.29) is 11.0 Å². The molecule has 88 valence electrons. The van der Waals surface area contributed by atoms with Crippen molar-refractivity contribution in [1.29, 1.82) is 0 Å². The quantitative estimate of drug-likeness (QED) is 0.885. The molecule has 0 atom stereocenters. The molecule has 0 spiro atoms. The number of halogens is 1. The van der Waals surface area contributed by atoms with Gasteiger partial charge in [0.1, 0.15) is 5.82 Å². The van der Waals surface area contributed by atoms with E-state index < -0.39 is 0 Å². The number of benzene rings is 1. The fraction of sp³-hybridized carbons (Fsp3) is 0.333. The van der Waals surface area contributed by atoms with Gasteiger partial charge in [-0.05, 0) is 31.0 Å². The molecule has 3 N–H and O–H groups in total. The molecular formula is C12H12BrN3O. The molecule has 0 aliphatic heterocycles. The predicted octanol–water partition coefficient (Wildman–Crippen LogP) is 1.68. The second-order valence-electron chi connectivity index (χ2n) is 4.56. The summed E-state index contributed by atoms with van der Waals surface area (Å²) < 4.78 is 0.880. The third-order valence-corrected chi connectivity index (χ3v) is 3.91. The van der Waals surface area contributed by atoms with Crippen molar-refractivity contribution in [3.8, 4) is 0 Å². The highest BCUT2D eigenvalue weighted by molar-refractivity contribution is 9.10. The average molecular weight is 294 g/mol. The molecule has 1 saturated carbocycles. The summed E-state index contributed by atoms with van der Waals surface area (Å²) >= 11 is 3.35. The lowest BCUT2D eigenvalue weighted by atomic mass is 10.1. The molecule has 3 rings (SSSR count). The Labute approximate surface area is 106 Å². The minimum atomic E-state index is -0.0916. The molecule has 1 aromatic carbocycles. The zero-order chi connectivity index (χ0) is 12.0. The third-order valence-electron chi connectivity index (χ3n) is 3.41. The van der Waals surface area contributed by atoms with E-state index in [1.807, 2.05) is 12.1 Å². The summed E-state index contributed by atoms with van der Waals surface area (Å²) in [6, 6.07) is 5.53. The van der Waals surface area contributed by atoms with Crippen LogP contribution in [0.15, 0.2) is 27.5 Å². The van der Waals surface area contributed by atoms with E-state index in [0.717, 1.165) is 28.7 Å². The van der Waals surface area contributed by atoms with Crippen LogP contribution in [0.1, 0.15) is 18.7 Å². The van der Waals surface area contributed by atoms with Gasteiger partial charge in [0.2, 0.25) is 0 Å². The van der Waals surface area contributed by atoms with Crippen molar-refractivity contribution >= 4 is 26.8 Å². The fourth-order valence-corrected chi connectivity index (χ4v) is 2.41. The molecule has 17 heavy (non-hydrogen) atoms. The number of hydrogen-bond donors (Lipinski definition) is 2. The van der Waals surface area contributed by atoms with Crippen molar-refractivity contribution in [2.75, 3.05) is 6.54 Å². The van der Waals surface area contributed by atoms with Crippen molar-refractivity contribution in [1.82, 2.24) is 9.97 Å². The van der Waals surface area contributed by atoms with Crippen molar-refractivity contribution in [2.45, 2.75) is 18.3 Å². The van der Waals surface area contributed by atoms with E-state index in [4.69, 9.17) is 5.73 Å². The summed E-state index contributed by atoms with van der Waals surface area (Å²) in [5, 5.41) is 0.607. The zero-order valence-electron chi connectivity index (χ0n) is 9.16. The Morgan fingerprint density at radius 2 is 2.24 bits per heavy atom. The van der Waals surface area contributed by atoms with Crippen LogP contribution in [0.3, 0.4) is 0 Å². The molecule has 1 aliphatic rings. The number of aromatic amines is 1. The third kappa shape index (κ3) is 1.70. The summed E-state index contributed by atoms with van der Waals surface area (Å²) in [5.41, 5.74) is 6.30. The van der Waals surface area contributed by atoms with E-state index in [1.54, 1.807) is 6.07 Å². The van der Waals surface area contributed by atoms with Gasteiger partial charge in [-0.15, -0.1) is 0 Å². The number of fused-ring (bicyclic) bond motifs is 1. The molecule has 1 aliphatic carbocycles. The normalized spacial score (nSPS) is 17.3. The number of hydrogen-bond acceptors (Lipinski definition) is 3. The molecule has 1 heterocycles. The van der Waals surface area contributed by atoms with Crippen LogP contribution in [0.2, 0.25) is 0 Å². The first-order valence-electron chi connectivity index (χ1n) is 5.55. The number of aromatic nitrogens is 2. The average Bonchev–Trinajstić information content (AvgIpc) is 3.11. The SMILES string of the molecule is NCC1(c2nc3ccc(Br)cc3c(=O)[nH]2)CC1. The predicted molar refractivity (Wildman–Crippen MR) is 70.0 cm³/mol. The molecule has 0 unspecified atom stereocenters. The molecule has 0 amide bonds. The first-order valence-corrected chi connectivity index (χ1v) is 6.34. The van der Waals surface area contributed by atoms with Gasteiger partial charge in [-0.3, -0.25) is 4.79 Å². The molecule has 4 nitrogen and oxygen atoms in total. The van der Waals surface area contributed by atoms with Gasteiger partial charge in [0.15, 0.2) is 0 Å². The maximum absolute atomic E-state index is 12.0. The highest BCUT2D eigenvalue weighted by Gasteiger charge is 2.45. The maximum Gasteiger partial charge on any atom is 0.258 e. The highest BCUT2D eigenvalue weighted by Crippen LogP contribution is 2.45. The monoisotopic (exact) mass is 293 g/mol. The van der Waals surface area contributed by atoms with Crippen LogP contribution in [0.25, 0.3) is 10.9 Å². The van der Waals surface area contributed by atoms with Crippen molar-refractivity contribution in [3.63, 3.8) is 0 Å². The molecule has 1 fully saturated rings. The van der Waals surface area contributed by atoms with Gasteiger partial charge < -0.3 is 10.7 Å². The second kappa shape index (κ2) is 3.65. The number of H-pyrrole nitrogens is 1. The van der Waals surface area contributed by atoms with Crippen LogP contribution in [0, 0.1) is 0 Å². The lowest BCUT2D eigenvalue weighted by molar-refractivity contribution is 0.650. The minimum Gasteiger partial charge on any atom is -0.329 e. The van der Waals surface area contributed by atoms with Crippen LogP contribution in [0.5, 0.6) is 0 Å². The van der Waals surface area contributed by atoms with E-state index >= 15 is 0 Å². The summed E-state index contributed by atoms with van der Waals surface area (Å²) in [5.74, 6) is 0.736. The molecule has 0 radical (unpaired) electrons. The maximum atomic E-state index is 12.0. The summed E-state index contributed by atoms with van der Waals surface area (Å²) in [4.78, 5) is 19.4. The molecule has 0 saturated heterocycles. The lowest BCUT2D eigenvalue weighted by Crippen LogP contribution is -2.25. The standard InChI is InChI=1S/C12H12BrN3O/c13-7-1-2-9-8(5-7)10(17)16-11(15-9)12(6-14)3-4-12/h1-2,5H,3-4,6,14H2,(H,15,16,17). The van der Waals surface area contributed by atoms with Crippen LogP contribution in [-0.4, -0.2) is 16.5 Å². The number of nitrogens with one attached hydrogen (secondary N) is 1. The summed E-state index contributed by atoms with van der Waals surface area (Å²) in [7, 11) is 0. The largest absolute Gasteiger partial charge is 0.329 e. The van der Waals surface area contributed by atoms with Crippen molar-refractivity contribution in [2.24, 2.45) is 5.73 Å². The summed E-state index contributed by atoms with van der Waals surface area (Å²) in [6.45, 7) is 0.540. The Bertz CT molecular complexity index is 646. The topological polar surface area (TPSA) is 71.8 Å². The molecule has 2 aromatic rings. The fourth-order valence-electron chi connectivity index (χ4n) is 2.05. The van der Waals surface area contributed by atoms with E-state index in [2.05, 4.69) is 25.9 Å².